The van der Waals surface area contributed by atoms with Crippen LogP contribution in [-0.4, -0.2) is 23.6 Å². The fraction of sp³-hybridized carbons (Fsp3) is 0.143. The van der Waals surface area contributed by atoms with E-state index in [2.05, 4.69) is 0 Å². The van der Waals surface area contributed by atoms with Gasteiger partial charge in [0.05, 0.1) is 11.4 Å². The van der Waals surface area contributed by atoms with Crippen molar-refractivity contribution in [2.24, 2.45) is 0 Å². The predicted octanol–water partition coefficient (Wildman–Crippen LogP) is 10.0. The fourth-order valence-electron chi connectivity index (χ4n) is 7.33. The van der Waals surface area contributed by atoms with Crippen LogP contribution in [0.25, 0.3) is 43.1 Å². The molecule has 0 saturated heterocycles. The quantitative estimate of drug-likeness (QED) is 0.108. The first kappa shape index (κ1) is 30.8. The van der Waals surface area contributed by atoms with Crippen molar-refractivity contribution in [1.29, 1.82) is 0 Å². The van der Waals surface area contributed by atoms with Gasteiger partial charge in [-0.2, -0.15) is 0 Å². The number of anilines is 2. The molecule has 0 unspecified atom stereocenters. The second-order valence-electron chi connectivity index (χ2n) is 11.6. The van der Waals surface area contributed by atoms with Crippen molar-refractivity contribution >= 4 is 78.1 Å². The number of imide groups is 2. The molecule has 0 saturated carbocycles. The number of hydrogen-bond donors (Lipinski definition) is 0. The van der Waals surface area contributed by atoms with Crippen molar-refractivity contribution in [3.8, 4) is 0 Å². The Morgan fingerprint density at radius 3 is 0.896 bits per heavy atom. The monoisotopic (exact) mass is 630 g/mol. The van der Waals surface area contributed by atoms with Crippen LogP contribution in [0, 0.1) is 13.8 Å². The highest BCUT2D eigenvalue weighted by atomic mass is 16.2. The second kappa shape index (κ2) is 11.4. The highest BCUT2D eigenvalue weighted by Gasteiger charge is 2.38. The van der Waals surface area contributed by atoms with Crippen LogP contribution < -0.4 is 9.80 Å². The number of hydrogen-bond acceptors (Lipinski definition) is 4. The summed E-state index contributed by atoms with van der Waals surface area (Å²) in [7, 11) is 0. The second-order valence-corrected chi connectivity index (χ2v) is 11.6. The van der Waals surface area contributed by atoms with E-state index >= 15 is 0 Å². The SMILES string of the molecule is CC.CC.Cc1ccccc1N1C(=O)c2ccc3c4ccc5c6c(ccc(c7ccc(c2c37)C1=O)c64)C(=O)N(c1ccccc1C)C5=O. The number of amides is 4. The van der Waals surface area contributed by atoms with Gasteiger partial charge in [0, 0.05) is 33.0 Å². The molecule has 2 aliphatic heterocycles. The summed E-state index contributed by atoms with van der Waals surface area (Å²) in [6.45, 7) is 11.8. The van der Waals surface area contributed by atoms with E-state index in [4.69, 9.17) is 0 Å². The molecule has 0 radical (unpaired) electrons. The van der Waals surface area contributed by atoms with Gasteiger partial charge in [0.25, 0.3) is 23.6 Å². The van der Waals surface area contributed by atoms with Gasteiger partial charge in [0.15, 0.2) is 0 Å². The first-order chi connectivity index (χ1) is 23.4. The molecule has 0 atom stereocenters. The lowest BCUT2D eigenvalue weighted by Crippen LogP contribution is -2.41. The first-order valence-corrected chi connectivity index (χ1v) is 16.5. The Labute approximate surface area is 278 Å². The standard InChI is InChI=1S/C38H22N2O4.2C2H6/c1-19-7-3-5-9-29(19)39-35(41)25-15-11-21-23-13-17-27-34-28(38(44)40(37(27)43)30-10-6-4-8-20(30)2)18-14-24(32(23)34)22-12-16-26(36(39)42)33(25)31(21)22;2*1-2/h3-18H,1-2H3;2*1-2H3. The van der Waals surface area contributed by atoms with Crippen molar-refractivity contribution in [3.63, 3.8) is 0 Å². The minimum atomic E-state index is -0.357. The topological polar surface area (TPSA) is 74.8 Å². The number of rotatable bonds is 2. The van der Waals surface area contributed by atoms with E-state index in [0.717, 1.165) is 43.4 Å². The molecule has 0 spiro atoms. The van der Waals surface area contributed by atoms with Gasteiger partial charge in [-0.3, -0.25) is 19.2 Å². The van der Waals surface area contributed by atoms with Crippen LogP contribution in [0.3, 0.4) is 0 Å². The molecule has 48 heavy (non-hydrogen) atoms. The van der Waals surface area contributed by atoms with Gasteiger partial charge in [0.1, 0.15) is 0 Å². The predicted molar refractivity (Wildman–Crippen MR) is 195 cm³/mol. The highest BCUT2D eigenvalue weighted by Crippen LogP contribution is 2.47. The molecule has 0 N–H and O–H groups in total. The van der Waals surface area contributed by atoms with Crippen molar-refractivity contribution in [2.45, 2.75) is 41.5 Å². The van der Waals surface area contributed by atoms with Crippen LogP contribution in [0.2, 0.25) is 0 Å². The van der Waals surface area contributed by atoms with Gasteiger partial charge >= 0.3 is 0 Å². The summed E-state index contributed by atoms with van der Waals surface area (Å²) in [4.78, 5) is 58.3. The summed E-state index contributed by atoms with van der Waals surface area (Å²) in [6, 6.07) is 29.6. The van der Waals surface area contributed by atoms with Crippen molar-refractivity contribution in [1.82, 2.24) is 0 Å². The van der Waals surface area contributed by atoms with Crippen LogP contribution in [0.5, 0.6) is 0 Å². The van der Waals surface area contributed by atoms with E-state index in [-0.39, 0.29) is 23.6 Å². The van der Waals surface area contributed by atoms with Gasteiger partial charge < -0.3 is 0 Å². The summed E-state index contributed by atoms with van der Waals surface area (Å²) in [5.41, 5.74) is 4.69. The van der Waals surface area contributed by atoms with Crippen LogP contribution in [0.1, 0.15) is 80.3 Å². The lowest BCUT2D eigenvalue weighted by atomic mass is 9.82. The van der Waals surface area contributed by atoms with Crippen molar-refractivity contribution < 1.29 is 19.2 Å². The Kier molecular flexibility index (Phi) is 7.32. The molecular formula is C42H34N2O4. The van der Waals surface area contributed by atoms with E-state index in [1.807, 2.05) is 102 Å². The van der Waals surface area contributed by atoms with Gasteiger partial charge in [-0.25, -0.2) is 9.80 Å². The van der Waals surface area contributed by atoms with E-state index in [1.165, 1.54) is 9.80 Å². The van der Waals surface area contributed by atoms with Gasteiger partial charge in [-0.15, -0.1) is 0 Å². The molecule has 236 valence electrons. The average Bonchev–Trinajstić information content (AvgIpc) is 3.12. The number of fused-ring (bicyclic) bond motifs is 2. The summed E-state index contributed by atoms with van der Waals surface area (Å²) >= 11 is 0. The Morgan fingerprint density at radius 1 is 0.354 bits per heavy atom. The molecule has 0 fully saturated rings. The Balaban J connectivity index is 0.000000880. The Bertz CT molecular complexity index is 2220. The molecule has 7 aromatic rings. The summed E-state index contributed by atoms with van der Waals surface area (Å²) in [6.07, 6.45) is 0. The Hall–Kier alpha value is -5.88. The molecule has 2 heterocycles. The molecule has 6 nitrogen and oxygen atoms in total. The molecule has 6 heteroatoms. The third-order valence-electron chi connectivity index (χ3n) is 9.35. The normalized spacial score (nSPS) is 13.7. The van der Waals surface area contributed by atoms with E-state index < -0.39 is 0 Å². The van der Waals surface area contributed by atoms with E-state index in [1.54, 1.807) is 36.4 Å². The third kappa shape index (κ3) is 3.99. The molecule has 0 aliphatic carbocycles. The minimum absolute atomic E-state index is 0.357. The molecule has 2 aliphatic rings. The first-order valence-electron chi connectivity index (χ1n) is 16.5. The number of para-hydroxylation sites is 2. The van der Waals surface area contributed by atoms with Crippen LogP contribution in [-0.2, 0) is 0 Å². The highest BCUT2D eigenvalue weighted by molar-refractivity contribution is 6.45. The van der Waals surface area contributed by atoms with Crippen LogP contribution >= 0.6 is 0 Å². The Morgan fingerprint density at radius 2 is 0.625 bits per heavy atom. The summed E-state index contributed by atoms with van der Waals surface area (Å²) < 4.78 is 0. The molecule has 9 rings (SSSR count). The number of aryl methyl sites for hydroxylation is 2. The maximum absolute atomic E-state index is 13.9. The maximum Gasteiger partial charge on any atom is 0.265 e. The summed E-state index contributed by atoms with van der Waals surface area (Å²) in [5, 5.41) is 6.39. The molecule has 4 amide bonds. The molecular weight excluding hydrogens is 596 g/mol. The van der Waals surface area contributed by atoms with Crippen LogP contribution in [0.15, 0.2) is 97.1 Å². The fourth-order valence-corrected chi connectivity index (χ4v) is 7.33. The van der Waals surface area contributed by atoms with Crippen LogP contribution in [0.4, 0.5) is 11.4 Å². The van der Waals surface area contributed by atoms with Crippen molar-refractivity contribution in [2.75, 3.05) is 9.80 Å². The van der Waals surface area contributed by atoms with Gasteiger partial charge in [-0.1, -0.05) is 88.4 Å². The van der Waals surface area contributed by atoms with Gasteiger partial charge in [0.2, 0.25) is 0 Å². The lowest BCUT2D eigenvalue weighted by molar-refractivity contribution is 0.0877. The minimum Gasteiger partial charge on any atom is -0.268 e. The zero-order valence-corrected chi connectivity index (χ0v) is 27.8. The molecule has 0 bridgehead atoms. The van der Waals surface area contributed by atoms with E-state index in [9.17, 15) is 19.2 Å². The number of carbonyl (C=O) groups is 4. The molecule has 0 aromatic heterocycles. The maximum atomic E-state index is 13.9. The number of nitrogens with zero attached hydrogens (tertiary/aromatic N) is 2. The zero-order chi connectivity index (χ0) is 34.0. The third-order valence-corrected chi connectivity index (χ3v) is 9.35. The zero-order valence-electron chi connectivity index (χ0n) is 27.8. The summed E-state index contributed by atoms with van der Waals surface area (Å²) in [5.74, 6) is -1.43. The average molecular weight is 631 g/mol. The largest absolute Gasteiger partial charge is 0.268 e. The lowest BCUT2D eigenvalue weighted by Gasteiger charge is -2.31. The van der Waals surface area contributed by atoms with E-state index in [0.29, 0.717) is 44.4 Å². The number of carbonyl (C=O) groups excluding carboxylic acids is 4. The van der Waals surface area contributed by atoms with Gasteiger partial charge in [-0.05, 0) is 93.7 Å². The smallest absolute Gasteiger partial charge is 0.265 e. The molecule has 7 aromatic carbocycles. The van der Waals surface area contributed by atoms with Crippen molar-refractivity contribution in [3.05, 3.63) is 130 Å². The number of benzene rings is 7.